The van der Waals surface area contributed by atoms with Gasteiger partial charge in [0.25, 0.3) is 0 Å². The smallest absolute Gasteiger partial charge is 0.171 e. The standard InChI is InChI=1S/C9H8ClF3/c10-8(6-9(11,12)13)7-4-2-1-3-5-7/h1-5,8H,6H2/t8-/m1/s1. The summed E-state index contributed by atoms with van der Waals surface area (Å²) in [5.74, 6) is 0. The Kier molecular flexibility index (Phi) is 3.20. The molecule has 1 aromatic carbocycles. The lowest BCUT2D eigenvalue weighted by atomic mass is 10.1. The molecule has 72 valence electrons. The van der Waals surface area contributed by atoms with Gasteiger partial charge in [-0.15, -0.1) is 11.6 Å². The van der Waals surface area contributed by atoms with E-state index in [1.165, 1.54) is 0 Å². The average molecular weight is 209 g/mol. The Morgan fingerprint density at radius 2 is 1.69 bits per heavy atom. The van der Waals surface area contributed by atoms with E-state index >= 15 is 0 Å². The molecule has 0 saturated heterocycles. The minimum atomic E-state index is -4.21. The van der Waals surface area contributed by atoms with Crippen molar-refractivity contribution in [1.82, 2.24) is 0 Å². The van der Waals surface area contributed by atoms with Crippen molar-refractivity contribution in [2.24, 2.45) is 0 Å². The fourth-order valence-electron chi connectivity index (χ4n) is 0.983. The highest BCUT2D eigenvalue weighted by molar-refractivity contribution is 6.20. The molecule has 1 aromatic rings. The summed E-state index contributed by atoms with van der Waals surface area (Å²) < 4.78 is 35.7. The first kappa shape index (κ1) is 10.4. The largest absolute Gasteiger partial charge is 0.390 e. The lowest BCUT2D eigenvalue weighted by molar-refractivity contribution is -0.134. The van der Waals surface area contributed by atoms with Crippen molar-refractivity contribution in [3.63, 3.8) is 0 Å². The van der Waals surface area contributed by atoms with Crippen molar-refractivity contribution >= 4 is 11.6 Å². The van der Waals surface area contributed by atoms with Gasteiger partial charge in [0.2, 0.25) is 0 Å². The number of alkyl halides is 4. The van der Waals surface area contributed by atoms with Crippen LogP contribution >= 0.6 is 11.6 Å². The first-order valence-electron chi connectivity index (χ1n) is 3.75. The van der Waals surface area contributed by atoms with E-state index in [9.17, 15) is 13.2 Å². The van der Waals surface area contributed by atoms with Gasteiger partial charge in [0.05, 0.1) is 11.8 Å². The van der Waals surface area contributed by atoms with Crippen molar-refractivity contribution in [2.75, 3.05) is 0 Å². The van der Waals surface area contributed by atoms with Gasteiger partial charge in [0.15, 0.2) is 0 Å². The monoisotopic (exact) mass is 208 g/mol. The molecule has 0 heterocycles. The van der Waals surface area contributed by atoms with E-state index in [1.807, 2.05) is 0 Å². The van der Waals surface area contributed by atoms with Gasteiger partial charge in [0.1, 0.15) is 0 Å². The summed E-state index contributed by atoms with van der Waals surface area (Å²) in [6, 6.07) is 8.25. The topological polar surface area (TPSA) is 0 Å². The van der Waals surface area contributed by atoms with Gasteiger partial charge in [-0.05, 0) is 5.56 Å². The minimum absolute atomic E-state index is 0.501. The van der Waals surface area contributed by atoms with Crippen LogP contribution in [0.15, 0.2) is 30.3 Å². The molecule has 0 radical (unpaired) electrons. The fourth-order valence-corrected chi connectivity index (χ4v) is 1.30. The number of hydrogen-bond donors (Lipinski definition) is 0. The van der Waals surface area contributed by atoms with Gasteiger partial charge in [0, 0.05) is 0 Å². The molecule has 1 atom stereocenters. The summed E-state index contributed by atoms with van der Waals surface area (Å²) in [4.78, 5) is 0. The summed E-state index contributed by atoms with van der Waals surface area (Å²) >= 11 is 5.57. The Morgan fingerprint density at radius 1 is 1.15 bits per heavy atom. The SMILES string of the molecule is FC(F)(F)C[C@@H](Cl)c1ccccc1. The van der Waals surface area contributed by atoms with Crippen molar-refractivity contribution in [3.8, 4) is 0 Å². The predicted octanol–water partition coefficient (Wildman–Crippen LogP) is 3.92. The Bertz CT molecular complexity index is 255. The summed E-state index contributed by atoms with van der Waals surface area (Å²) in [5, 5.41) is -0.985. The van der Waals surface area contributed by atoms with Crippen LogP contribution in [0.4, 0.5) is 13.2 Å². The minimum Gasteiger partial charge on any atom is -0.171 e. The number of benzene rings is 1. The van der Waals surface area contributed by atoms with Crippen LogP contribution in [0.3, 0.4) is 0 Å². The lowest BCUT2D eigenvalue weighted by Crippen LogP contribution is -2.10. The molecule has 0 aliphatic rings. The van der Waals surface area contributed by atoms with Crippen molar-refractivity contribution in [3.05, 3.63) is 35.9 Å². The average Bonchev–Trinajstić information content (AvgIpc) is 2.03. The Labute approximate surface area is 79.3 Å². The zero-order valence-corrected chi connectivity index (χ0v) is 7.44. The Hall–Kier alpha value is -0.700. The van der Waals surface area contributed by atoms with Crippen molar-refractivity contribution < 1.29 is 13.2 Å². The maximum absolute atomic E-state index is 11.9. The highest BCUT2D eigenvalue weighted by atomic mass is 35.5. The van der Waals surface area contributed by atoms with Crippen molar-refractivity contribution in [2.45, 2.75) is 18.0 Å². The highest BCUT2D eigenvalue weighted by Crippen LogP contribution is 2.33. The van der Waals surface area contributed by atoms with Crippen LogP contribution < -0.4 is 0 Å². The van der Waals surface area contributed by atoms with E-state index in [2.05, 4.69) is 0 Å². The molecule has 0 saturated carbocycles. The van der Waals surface area contributed by atoms with E-state index < -0.39 is 18.0 Å². The van der Waals surface area contributed by atoms with E-state index in [4.69, 9.17) is 11.6 Å². The van der Waals surface area contributed by atoms with Gasteiger partial charge < -0.3 is 0 Å². The molecule has 0 spiro atoms. The molecular formula is C9H8ClF3. The van der Waals surface area contributed by atoms with Gasteiger partial charge in [-0.1, -0.05) is 30.3 Å². The summed E-state index contributed by atoms with van der Waals surface area (Å²) in [5.41, 5.74) is 0.501. The molecule has 0 bridgehead atoms. The fraction of sp³-hybridized carbons (Fsp3) is 0.333. The second kappa shape index (κ2) is 4.01. The third-order valence-corrected chi connectivity index (χ3v) is 1.98. The summed E-state index contributed by atoms with van der Waals surface area (Å²) in [6.07, 6.45) is -5.19. The first-order valence-corrected chi connectivity index (χ1v) is 4.18. The molecule has 4 heteroatoms. The molecule has 0 N–H and O–H groups in total. The van der Waals surface area contributed by atoms with Gasteiger partial charge in [-0.2, -0.15) is 13.2 Å². The molecule has 0 unspecified atom stereocenters. The third kappa shape index (κ3) is 3.68. The molecule has 0 nitrogen and oxygen atoms in total. The molecule has 0 amide bonds. The van der Waals surface area contributed by atoms with E-state index in [-0.39, 0.29) is 0 Å². The second-order valence-electron chi connectivity index (χ2n) is 2.70. The zero-order valence-electron chi connectivity index (χ0n) is 6.68. The van der Waals surface area contributed by atoms with Crippen LogP contribution in [0.5, 0.6) is 0 Å². The van der Waals surface area contributed by atoms with Gasteiger partial charge in [-0.3, -0.25) is 0 Å². The summed E-state index contributed by atoms with van der Waals surface area (Å²) in [6.45, 7) is 0. The van der Waals surface area contributed by atoms with Gasteiger partial charge in [-0.25, -0.2) is 0 Å². The Morgan fingerprint density at radius 3 is 2.15 bits per heavy atom. The molecular weight excluding hydrogens is 201 g/mol. The van der Waals surface area contributed by atoms with E-state index in [1.54, 1.807) is 30.3 Å². The summed E-state index contributed by atoms with van der Waals surface area (Å²) in [7, 11) is 0. The van der Waals surface area contributed by atoms with Crippen LogP contribution in [0.25, 0.3) is 0 Å². The molecule has 1 rings (SSSR count). The van der Waals surface area contributed by atoms with Crippen LogP contribution in [0, 0.1) is 0 Å². The number of hydrogen-bond acceptors (Lipinski definition) is 0. The lowest BCUT2D eigenvalue weighted by Gasteiger charge is -2.11. The van der Waals surface area contributed by atoms with Gasteiger partial charge >= 0.3 is 6.18 Å². The number of rotatable bonds is 2. The molecule has 0 fully saturated rings. The molecule has 0 aromatic heterocycles. The molecule has 0 aliphatic heterocycles. The van der Waals surface area contributed by atoms with Crippen LogP contribution in [0.1, 0.15) is 17.4 Å². The second-order valence-corrected chi connectivity index (χ2v) is 3.22. The number of halogens is 4. The first-order chi connectivity index (χ1) is 5.99. The van der Waals surface area contributed by atoms with E-state index in [0.29, 0.717) is 5.56 Å². The quantitative estimate of drug-likeness (QED) is 0.647. The third-order valence-electron chi connectivity index (χ3n) is 1.57. The van der Waals surface area contributed by atoms with Crippen molar-refractivity contribution in [1.29, 1.82) is 0 Å². The predicted molar refractivity (Wildman–Crippen MR) is 45.7 cm³/mol. The highest BCUT2D eigenvalue weighted by Gasteiger charge is 2.31. The molecule has 13 heavy (non-hydrogen) atoms. The normalized spacial score (nSPS) is 14.2. The molecule has 0 aliphatic carbocycles. The van der Waals surface area contributed by atoms with E-state index in [0.717, 1.165) is 0 Å². The maximum Gasteiger partial charge on any atom is 0.390 e. The van der Waals surface area contributed by atoms with Crippen LogP contribution in [0.2, 0.25) is 0 Å². The van der Waals surface area contributed by atoms with Crippen LogP contribution in [-0.4, -0.2) is 6.18 Å². The Balaban J connectivity index is 2.64. The zero-order chi connectivity index (χ0) is 9.90. The van der Waals surface area contributed by atoms with Crippen LogP contribution in [-0.2, 0) is 0 Å². The maximum atomic E-state index is 11.9.